The Labute approximate surface area is 209 Å². The Kier molecular flexibility index (Phi) is 7.72. The van der Waals surface area contributed by atoms with Gasteiger partial charge in [-0.15, -0.1) is 0 Å². The molecule has 0 aliphatic heterocycles. The summed E-state index contributed by atoms with van der Waals surface area (Å²) in [6.45, 7) is -0.150. The summed E-state index contributed by atoms with van der Waals surface area (Å²) in [5.41, 5.74) is -0.480. The molecule has 1 N–H and O–H groups in total. The van der Waals surface area contributed by atoms with Gasteiger partial charge in [0.15, 0.2) is 0 Å². The van der Waals surface area contributed by atoms with Crippen LogP contribution in [0.2, 0.25) is 15.1 Å². The van der Waals surface area contributed by atoms with E-state index in [0.29, 0.717) is 5.56 Å². The fourth-order valence-electron chi connectivity index (χ4n) is 3.00. The lowest BCUT2D eigenvalue weighted by atomic mass is 10.1. The number of nitrogens with zero attached hydrogens (tertiary/aromatic N) is 1. The van der Waals surface area contributed by atoms with Crippen LogP contribution in [0.3, 0.4) is 0 Å². The van der Waals surface area contributed by atoms with E-state index in [0.717, 1.165) is 28.8 Å². The SMILES string of the molecule is CS(=O)(=O)N(Cc1c(Cl)cccc1Cl)c1ccc(C(=O)Nc2cc(C(F)(F)F)ccc2Cl)cc1. The van der Waals surface area contributed by atoms with Crippen LogP contribution in [-0.4, -0.2) is 20.6 Å². The Hall–Kier alpha value is -2.46. The molecule has 0 saturated heterocycles. The number of hydrogen-bond acceptors (Lipinski definition) is 3. The first kappa shape index (κ1) is 26.2. The van der Waals surface area contributed by atoms with Gasteiger partial charge < -0.3 is 5.32 Å². The summed E-state index contributed by atoms with van der Waals surface area (Å²) >= 11 is 18.3. The van der Waals surface area contributed by atoms with E-state index < -0.39 is 27.7 Å². The van der Waals surface area contributed by atoms with Crippen molar-refractivity contribution in [3.05, 3.63) is 92.4 Å². The number of hydrogen-bond donors (Lipinski definition) is 1. The Balaban J connectivity index is 1.86. The summed E-state index contributed by atoms with van der Waals surface area (Å²) in [5, 5.41) is 2.84. The lowest BCUT2D eigenvalue weighted by Gasteiger charge is -2.23. The van der Waals surface area contributed by atoms with E-state index in [1.165, 1.54) is 24.3 Å². The summed E-state index contributed by atoms with van der Waals surface area (Å²) in [7, 11) is -3.76. The molecule has 0 fully saturated rings. The van der Waals surface area contributed by atoms with E-state index in [1.807, 2.05) is 0 Å². The van der Waals surface area contributed by atoms with E-state index in [2.05, 4.69) is 5.32 Å². The molecule has 0 unspecified atom stereocenters. The number of alkyl halides is 3. The van der Waals surface area contributed by atoms with E-state index in [9.17, 15) is 26.4 Å². The van der Waals surface area contributed by atoms with Crippen LogP contribution in [-0.2, 0) is 22.7 Å². The molecule has 5 nitrogen and oxygen atoms in total. The lowest BCUT2D eigenvalue weighted by Crippen LogP contribution is -2.29. The average Bonchev–Trinajstić information content (AvgIpc) is 2.73. The number of halogens is 6. The molecular formula is C22H16Cl3F3N2O3S. The number of benzene rings is 3. The highest BCUT2D eigenvalue weighted by atomic mass is 35.5. The fraction of sp³-hybridized carbons (Fsp3) is 0.136. The maximum absolute atomic E-state index is 13.0. The first-order chi connectivity index (χ1) is 15.8. The highest BCUT2D eigenvalue weighted by Crippen LogP contribution is 2.34. The number of amides is 1. The average molecular weight is 552 g/mol. The molecule has 0 saturated carbocycles. The molecule has 3 rings (SSSR count). The Morgan fingerprint density at radius 2 is 1.53 bits per heavy atom. The predicted octanol–water partition coefficient (Wildman–Crippen LogP) is 6.88. The van der Waals surface area contributed by atoms with Crippen molar-refractivity contribution in [3.8, 4) is 0 Å². The van der Waals surface area contributed by atoms with Gasteiger partial charge in [0.2, 0.25) is 10.0 Å². The second-order valence-corrected chi connectivity index (χ2v) is 10.3. The molecule has 34 heavy (non-hydrogen) atoms. The second kappa shape index (κ2) is 10.0. The maximum atomic E-state index is 13.0. The fourth-order valence-corrected chi connectivity index (χ4v) is 4.55. The van der Waals surface area contributed by atoms with Gasteiger partial charge in [0, 0.05) is 21.2 Å². The third kappa shape index (κ3) is 6.15. The van der Waals surface area contributed by atoms with Gasteiger partial charge in [0.1, 0.15) is 0 Å². The minimum Gasteiger partial charge on any atom is -0.321 e. The maximum Gasteiger partial charge on any atom is 0.416 e. The van der Waals surface area contributed by atoms with Crippen molar-refractivity contribution in [3.63, 3.8) is 0 Å². The second-order valence-electron chi connectivity index (χ2n) is 7.16. The largest absolute Gasteiger partial charge is 0.416 e. The highest BCUT2D eigenvalue weighted by Gasteiger charge is 2.31. The number of carbonyl (C=O) groups excluding carboxylic acids is 1. The standard InChI is InChI=1S/C22H16Cl3F3N2O3S/c1-34(32,33)30(12-16-17(23)3-2-4-18(16)24)15-8-5-13(6-9-15)21(31)29-20-11-14(22(26,27)28)7-10-19(20)25/h2-11H,12H2,1H3,(H,29,31). The molecule has 0 spiro atoms. The van der Waals surface area contributed by atoms with Crippen molar-refractivity contribution in [2.75, 3.05) is 15.9 Å². The van der Waals surface area contributed by atoms with Crippen molar-refractivity contribution in [1.29, 1.82) is 0 Å². The summed E-state index contributed by atoms with van der Waals surface area (Å²) in [4.78, 5) is 12.6. The zero-order valence-electron chi connectivity index (χ0n) is 17.3. The quantitative estimate of drug-likeness (QED) is 0.363. The molecule has 0 aliphatic rings. The van der Waals surface area contributed by atoms with Gasteiger partial charge in [-0.25, -0.2) is 8.42 Å². The zero-order valence-corrected chi connectivity index (χ0v) is 20.4. The lowest BCUT2D eigenvalue weighted by molar-refractivity contribution is -0.137. The van der Waals surface area contributed by atoms with Gasteiger partial charge in [-0.05, 0) is 54.6 Å². The van der Waals surface area contributed by atoms with Crippen molar-refractivity contribution in [1.82, 2.24) is 0 Å². The van der Waals surface area contributed by atoms with Crippen LogP contribution in [0.25, 0.3) is 0 Å². The van der Waals surface area contributed by atoms with Gasteiger partial charge in [0.05, 0.1) is 34.8 Å². The Morgan fingerprint density at radius 1 is 0.941 bits per heavy atom. The van der Waals surface area contributed by atoms with E-state index in [4.69, 9.17) is 34.8 Å². The molecular weight excluding hydrogens is 536 g/mol. The molecule has 3 aromatic carbocycles. The molecule has 180 valence electrons. The third-order valence-electron chi connectivity index (χ3n) is 4.72. The van der Waals surface area contributed by atoms with Gasteiger partial charge in [-0.3, -0.25) is 9.10 Å². The smallest absolute Gasteiger partial charge is 0.321 e. The zero-order chi connectivity index (χ0) is 25.3. The van der Waals surface area contributed by atoms with Crippen LogP contribution in [0.1, 0.15) is 21.5 Å². The number of carbonyl (C=O) groups is 1. The summed E-state index contributed by atoms with van der Waals surface area (Å²) in [5.74, 6) is -0.729. The van der Waals surface area contributed by atoms with Gasteiger partial charge in [-0.1, -0.05) is 40.9 Å². The molecule has 0 atom stereocenters. The molecule has 0 radical (unpaired) electrons. The summed E-state index contributed by atoms with van der Waals surface area (Å²) in [6, 6.07) is 12.8. The van der Waals surface area contributed by atoms with Gasteiger partial charge in [-0.2, -0.15) is 13.2 Å². The van der Waals surface area contributed by atoms with Crippen molar-refractivity contribution in [2.45, 2.75) is 12.7 Å². The monoisotopic (exact) mass is 550 g/mol. The van der Waals surface area contributed by atoms with E-state index >= 15 is 0 Å². The highest BCUT2D eigenvalue weighted by molar-refractivity contribution is 7.92. The van der Waals surface area contributed by atoms with Crippen molar-refractivity contribution < 1.29 is 26.4 Å². The number of sulfonamides is 1. The van der Waals surface area contributed by atoms with Crippen LogP contribution in [0.5, 0.6) is 0 Å². The predicted molar refractivity (Wildman–Crippen MR) is 128 cm³/mol. The van der Waals surface area contributed by atoms with Crippen LogP contribution in [0, 0.1) is 0 Å². The van der Waals surface area contributed by atoms with Crippen LogP contribution in [0.15, 0.2) is 60.7 Å². The van der Waals surface area contributed by atoms with Crippen molar-refractivity contribution >= 4 is 62.1 Å². The molecule has 0 aromatic heterocycles. The Morgan fingerprint density at radius 3 is 2.06 bits per heavy atom. The van der Waals surface area contributed by atoms with Gasteiger partial charge in [0.25, 0.3) is 5.91 Å². The normalized spacial score (nSPS) is 11.9. The van der Waals surface area contributed by atoms with Crippen LogP contribution >= 0.6 is 34.8 Å². The van der Waals surface area contributed by atoms with Crippen LogP contribution < -0.4 is 9.62 Å². The van der Waals surface area contributed by atoms with Gasteiger partial charge >= 0.3 is 6.18 Å². The molecule has 3 aromatic rings. The third-order valence-corrected chi connectivity index (χ3v) is 6.90. The summed E-state index contributed by atoms with van der Waals surface area (Å²) < 4.78 is 64.8. The first-order valence-electron chi connectivity index (χ1n) is 9.46. The minimum absolute atomic E-state index is 0.0708. The topological polar surface area (TPSA) is 66.5 Å². The summed E-state index contributed by atoms with van der Waals surface area (Å²) in [6.07, 6.45) is -3.60. The van der Waals surface area contributed by atoms with E-state index in [-0.39, 0.29) is 38.6 Å². The molecule has 1 amide bonds. The molecule has 0 heterocycles. The minimum atomic E-state index is -4.61. The van der Waals surface area contributed by atoms with Crippen LogP contribution in [0.4, 0.5) is 24.5 Å². The first-order valence-corrected chi connectivity index (χ1v) is 12.4. The molecule has 12 heteroatoms. The molecule has 0 aliphatic carbocycles. The number of rotatable bonds is 6. The Bertz CT molecular complexity index is 1310. The number of nitrogens with one attached hydrogen (secondary N) is 1. The van der Waals surface area contributed by atoms with Crippen molar-refractivity contribution in [2.24, 2.45) is 0 Å². The number of anilines is 2. The van der Waals surface area contributed by atoms with E-state index in [1.54, 1.807) is 18.2 Å². The molecule has 0 bridgehead atoms.